The van der Waals surface area contributed by atoms with Crippen LogP contribution in [0.2, 0.25) is 0 Å². The molecule has 4 aliphatic rings. The summed E-state index contributed by atoms with van der Waals surface area (Å²) >= 11 is 2.34. The summed E-state index contributed by atoms with van der Waals surface area (Å²) in [5.41, 5.74) is 2.00. The van der Waals surface area contributed by atoms with E-state index < -0.39 is 0 Å². The molecular weight excluding hydrogens is 425 g/mol. The molecule has 4 fully saturated rings. The topological polar surface area (TPSA) is 41.8 Å². The molecule has 4 rings (SSSR count). The van der Waals surface area contributed by atoms with Crippen molar-refractivity contribution in [1.29, 1.82) is 0 Å². The molecule has 25 heavy (non-hydrogen) atoms. The molecule has 0 bridgehead atoms. The van der Waals surface area contributed by atoms with Gasteiger partial charge in [-0.3, -0.25) is 0 Å². The van der Waals surface area contributed by atoms with Gasteiger partial charge >= 0.3 is 0 Å². The number of oxime groups is 1. The van der Waals surface area contributed by atoms with Crippen LogP contribution in [0, 0.1) is 34.5 Å². The lowest BCUT2D eigenvalue weighted by atomic mass is 9.45. The van der Waals surface area contributed by atoms with E-state index >= 15 is 0 Å². The van der Waals surface area contributed by atoms with Gasteiger partial charge in [0.25, 0.3) is 0 Å². The maximum Gasteiger partial charge on any atom is 0.126 e. The van der Waals surface area contributed by atoms with Crippen LogP contribution in [0.3, 0.4) is 0 Å². The molecule has 0 unspecified atom stereocenters. The normalized spacial score (nSPS) is 50.9. The van der Waals surface area contributed by atoms with Crippen LogP contribution in [0.4, 0.5) is 0 Å². The first-order valence-corrected chi connectivity index (χ1v) is 11.9. The van der Waals surface area contributed by atoms with Gasteiger partial charge < -0.3 is 9.94 Å². The van der Waals surface area contributed by atoms with Crippen molar-refractivity contribution in [1.82, 2.24) is 0 Å². The summed E-state index contributed by atoms with van der Waals surface area (Å²) in [4.78, 5) is 5.48. The van der Waals surface area contributed by atoms with Crippen molar-refractivity contribution in [3.8, 4) is 0 Å². The molecule has 7 atom stereocenters. The minimum Gasteiger partial charge on any atom is -0.395 e. The van der Waals surface area contributed by atoms with Gasteiger partial charge in [-0.15, -0.1) is 0 Å². The Bertz CT molecular complexity index is 538. The van der Waals surface area contributed by atoms with Gasteiger partial charge in [0, 0.05) is 4.43 Å². The summed E-state index contributed by atoms with van der Waals surface area (Å²) < 4.78 is 1.01. The predicted molar refractivity (Wildman–Crippen MR) is 110 cm³/mol. The monoisotopic (exact) mass is 459 g/mol. The fraction of sp³-hybridized carbons (Fsp3) is 0.952. The summed E-state index contributed by atoms with van der Waals surface area (Å²) in [6.45, 7) is 5.71. The number of halogens is 1. The number of alkyl halides is 1. The number of aliphatic hydroxyl groups excluding tert-OH is 1. The lowest BCUT2D eigenvalue weighted by molar-refractivity contribution is -0.112. The Kier molecular flexibility index (Phi) is 5.15. The third-order valence-corrected chi connectivity index (χ3v) is 9.25. The van der Waals surface area contributed by atoms with Crippen LogP contribution in [0.1, 0.15) is 71.6 Å². The second kappa shape index (κ2) is 6.96. The predicted octanol–water partition coefficient (Wildman–Crippen LogP) is 5.20. The first kappa shape index (κ1) is 18.5. The molecular formula is C21H34INO2. The van der Waals surface area contributed by atoms with E-state index in [2.05, 4.69) is 41.6 Å². The van der Waals surface area contributed by atoms with E-state index in [-0.39, 0.29) is 11.5 Å². The van der Waals surface area contributed by atoms with E-state index in [0.717, 1.165) is 54.0 Å². The second-order valence-electron chi connectivity index (χ2n) is 9.68. The first-order valence-electron chi connectivity index (χ1n) is 10.4. The van der Waals surface area contributed by atoms with E-state index in [0.29, 0.717) is 5.41 Å². The molecule has 4 heteroatoms. The Hall–Kier alpha value is 0.160. The molecule has 1 N–H and O–H groups in total. The van der Waals surface area contributed by atoms with Crippen LogP contribution < -0.4 is 0 Å². The van der Waals surface area contributed by atoms with Crippen LogP contribution >= 0.6 is 22.6 Å². The molecule has 0 radical (unpaired) electrons. The number of rotatable bonds is 3. The average Bonchev–Trinajstić information content (AvgIpc) is 2.90. The third-order valence-electron chi connectivity index (χ3n) is 8.81. The van der Waals surface area contributed by atoms with Crippen LogP contribution in [-0.4, -0.2) is 28.0 Å². The highest BCUT2D eigenvalue weighted by Gasteiger charge is 2.59. The maximum atomic E-state index is 10.6. The van der Waals surface area contributed by atoms with Crippen LogP contribution in [-0.2, 0) is 4.84 Å². The van der Waals surface area contributed by atoms with Crippen molar-refractivity contribution in [3.63, 3.8) is 0 Å². The standard InChI is InChI=1S/C21H34INO2/c1-20-9-7-15(23-25-12-11-22)13-14(20)3-4-16-17-5-6-19(24)21(17,2)10-8-18(16)20/h14,16-19,24H,3-13H2,1-2H3/b23-15-/t14-,16-,17-,18-,19-,20-,21-/m0/s1. The van der Waals surface area contributed by atoms with Gasteiger partial charge in [0.15, 0.2) is 0 Å². The minimum atomic E-state index is -0.0517. The first-order chi connectivity index (χ1) is 12.0. The molecule has 0 aromatic heterocycles. The van der Waals surface area contributed by atoms with Gasteiger partial charge in [-0.1, -0.05) is 41.6 Å². The number of fused-ring (bicyclic) bond motifs is 5. The molecule has 142 valence electrons. The van der Waals surface area contributed by atoms with Crippen LogP contribution in [0.5, 0.6) is 0 Å². The van der Waals surface area contributed by atoms with Crippen LogP contribution in [0.25, 0.3) is 0 Å². The van der Waals surface area contributed by atoms with E-state index in [9.17, 15) is 5.11 Å². The summed E-state index contributed by atoms with van der Waals surface area (Å²) in [5.74, 6) is 3.28. The lowest BCUT2D eigenvalue weighted by Gasteiger charge is -2.60. The van der Waals surface area contributed by atoms with Gasteiger partial charge in [-0.2, -0.15) is 0 Å². The zero-order valence-electron chi connectivity index (χ0n) is 15.8. The van der Waals surface area contributed by atoms with Gasteiger partial charge in [-0.05, 0) is 92.3 Å². The molecule has 0 spiro atoms. The highest BCUT2D eigenvalue weighted by atomic mass is 127. The summed E-state index contributed by atoms with van der Waals surface area (Å²) in [6.07, 6.45) is 11.1. The Balaban J connectivity index is 1.50. The average molecular weight is 459 g/mol. The molecule has 0 heterocycles. The zero-order valence-corrected chi connectivity index (χ0v) is 18.0. The van der Waals surface area contributed by atoms with Gasteiger partial charge in [0.2, 0.25) is 0 Å². The van der Waals surface area contributed by atoms with Crippen LogP contribution in [0.15, 0.2) is 5.16 Å². The summed E-state index contributed by atoms with van der Waals surface area (Å²) in [7, 11) is 0. The Morgan fingerprint density at radius 2 is 1.88 bits per heavy atom. The van der Waals surface area contributed by atoms with E-state index in [1.165, 1.54) is 44.2 Å². The molecule has 0 aromatic rings. The number of aliphatic hydroxyl groups is 1. The van der Waals surface area contributed by atoms with Crippen molar-refractivity contribution < 1.29 is 9.94 Å². The zero-order chi connectivity index (χ0) is 17.7. The highest BCUT2D eigenvalue weighted by Crippen LogP contribution is 2.65. The number of hydrogen-bond acceptors (Lipinski definition) is 3. The molecule has 4 saturated carbocycles. The largest absolute Gasteiger partial charge is 0.395 e. The highest BCUT2D eigenvalue weighted by molar-refractivity contribution is 14.1. The quantitative estimate of drug-likeness (QED) is 0.273. The third kappa shape index (κ3) is 2.97. The van der Waals surface area contributed by atoms with Crippen molar-refractivity contribution in [3.05, 3.63) is 0 Å². The van der Waals surface area contributed by atoms with E-state index in [4.69, 9.17) is 4.84 Å². The molecule has 3 nitrogen and oxygen atoms in total. The van der Waals surface area contributed by atoms with Crippen molar-refractivity contribution in [2.24, 2.45) is 39.7 Å². The van der Waals surface area contributed by atoms with Gasteiger partial charge in [0.1, 0.15) is 6.61 Å². The molecule has 0 aromatic carbocycles. The Morgan fingerprint density at radius 1 is 1.08 bits per heavy atom. The fourth-order valence-electron chi connectivity index (χ4n) is 7.29. The molecule has 0 aliphatic heterocycles. The van der Waals surface area contributed by atoms with Gasteiger partial charge in [-0.25, -0.2) is 0 Å². The van der Waals surface area contributed by atoms with E-state index in [1.54, 1.807) is 0 Å². The maximum absolute atomic E-state index is 10.6. The Labute approximate surface area is 166 Å². The fourth-order valence-corrected chi connectivity index (χ4v) is 7.48. The van der Waals surface area contributed by atoms with Gasteiger partial charge in [0.05, 0.1) is 11.8 Å². The Morgan fingerprint density at radius 3 is 2.68 bits per heavy atom. The van der Waals surface area contributed by atoms with Crippen molar-refractivity contribution in [2.45, 2.75) is 77.7 Å². The summed E-state index contributed by atoms with van der Waals surface area (Å²) in [5, 5.41) is 15.0. The van der Waals surface area contributed by atoms with Crippen molar-refractivity contribution >= 4 is 28.3 Å². The SMILES string of the molecule is C[C@]12CC/C(=N/OCCI)C[C@@H]1CC[C@@H]1[C@@H]2CC[C@]2(C)[C@@H](O)CC[C@@H]12. The molecule has 0 amide bonds. The lowest BCUT2D eigenvalue weighted by Crippen LogP contribution is -2.54. The van der Waals surface area contributed by atoms with E-state index in [1.807, 2.05) is 0 Å². The second-order valence-corrected chi connectivity index (χ2v) is 10.8. The summed E-state index contributed by atoms with van der Waals surface area (Å²) in [6, 6.07) is 0. The molecule has 4 aliphatic carbocycles. The smallest absolute Gasteiger partial charge is 0.126 e. The minimum absolute atomic E-state index is 0.0517. The molecule has 0 saturated heterocycles. The number of nitrogens with zero attached hydrogens (tertiary/aromatic N) is 1. The van der Waals surface area contributed by atoms with Crippen molar-refractivity contribution in [2.75, 3.05) is 11.0 Å². The number of hydrogen-bond donors (Lipinski definition) is 1.